The number of esters is 1. The molecule has 0 heterocycles. The van der Waals surface area contributed by atoms with Gasteiger partial charge in [-0.25, -0.2) is 4.79 Å². The van der Waals surface area contributed by atoms with Gasteiger partial charge in [-0.3, -0.25) is 0 Å². The van der Waals surface area contributed by atoms with Gasteiger partial charge in [0.25, 0.3) is 0 Å². The molecule has 17 heavy (non-hydrogen) atoms. The minimum Gasteiger partial charge on any atom is -0.462 e. The maximum atomic E-state index is 11.3. The van der Waals surface area contributed by atoms with Crippen LogP contribution in [0.2, 0.25) is 0 Å². The van der Waals surface area contributed by atoms with Crippen molar-refractivity contribution in [3.8, 4) is 0 Å². The lowest BCUT2D eigenvalue weighted by Gasteiger charge is -1.99. The molecule has 1 aromatic rings. The Morgan fingerprint density at radius 2 is 2.18 bits per heavy atom. The number of hydrogen-bond donors (Lipinski definition) is 0. The number of carbonyl (C=O) groups excluding carboxylic acids is 1. The number of halogens is 1. The Bertz CT molecular complexity index is 457. The predicted molar refractivity (Wildman–Crippen MR) is 76.8 cm³/mol. The van der Waals surface area contributed by atoms with E-state index in [1.165, 1.54) is 9.13 Å². The van der Waals surface area contributed by atoms with Gasteiger partial charge in [0.2, 0.25) is 0 Å². The van der Waals surface area contributed by atoms with E-state index in [2.05, 4.69) is 40.5 Å². The van der Waals surface area contributed by atoms with Crippen LogP contribution in [0.3, 0.4) is 0 Å². The second kappa shape index (κ2) is 7.30. The fourth-order valence-corrected chi connectivity index (χ4v) is 1.88. The van der Waals surface area contributed by atoms with Crippen molar-refractivity contribution >= 4 is 28.6 Å². The first-order valence-electron chi connectivity index (χ1n) is 5.47. The molecule has 0 N–H and O–H groups in total. The van der Waals surface area contributed by atoms with E-state index in [9.17, 15) is 4.79 Å². The third-order valence-electron chi connectivity index (χ3n) is 2.18. The van der Waals surface area contributed by atoms with Gasteiger partial charge in [0.05, 0.1) is 12.2 Å². The van der Waals surface area contributed by atoms with Gasteiger partial charge in [-0.2, -0.15) is 0 Å². The molecule has 0 bridgehead atoms. The van der Waals surface area contributed by atoms with Gasteiger partial charge in [0.15, 0.2) is 0 Å². The molecule has 0 aliphatic heterocycles. The number of rotatable bonds is 4. The minimum absolute atomic E-state index is 0.300. The summed E-state index contributed by atoms with van der Waals surface area (Å²) in [6.45, 7) is 3.90. The summed E-state index contributed by atoms with van der Waals surface area (Å²) in [4.78, 5) is 11.3. The monoisotopic (exact) mass is 342 g/mol. The zero-order chi connectivity index (χ0) is 12.7. The van der Waals surface area contributed by atoms with Crippen LogP contribution in [0.25, 0.3) is 0 Å². The quantitative estimate of drug-likeness (QED) is 0.362. The summed E-state index contributed by atoms with van der Waals surface area (Å²) in [5.74, 6) is -0.300. The van der Waals surface area contributed by atoms with Gasteiger partial charge in [-0.1, -0.05) is 18.2 Å². The zero-order valence-electron chi connectivity index (χ0n) is 10.00. The van der Waals surface area contributed by atoms with Crippen molar-refractivity contribution in [2.75, 3.05) is 6.61 Å². The molecule has 0 aliphatic rings. The van der Waals surface area contributed by atoms with Crippen LogP contribution in [0.5, 0.6) is 0 Å². The molecule has 0 spiro atoms. The summed E-state index contributed by atoms with van der Waals surface area (Å²) >= 11 is 2.30. The van der Waals surface area contributed by atoms with Crippen molar-refractivity contribution in [2.45, 2.75) is 20.3 Å². The summed E-state index contributed by atoms with van der Waals surface area (Å²) in [6.07, 6.45) is 2.64. The van der Waals surface area contributed by atoms with E-state index < -0.39 is 0 Å². The van der Waals surface area contributed by atoms with E-state index in [1.54, 1.807) is 13.8 Å². The lowest BCUT2D eigenvalue weighted by atomic mass is 10.1. The fraction of sp³-hybridized carbons (Fsp3) is 0.286. The third-order valence-corrected chi connectivity index (χ3v) is 3.23. The molecular formula is C14H15IO2. The van der Waals surface area contributed by atoms with Crippen molar-refractivity contribution < 1.29 is 9.53 Å². The topological polar surface area (TPSA) is 26.3 Å². The highest BCUT2D eigenvalue weighted by Gasteiger charge is 2.02. The normalized spacial score (nSPS) is 9.35. The standard InChI is InChI=1S/C14H15IO2/c1-3-17-14(16)11(2)7-6-9-12-8-4-5-10-13(12)15/h4-6,8,10H,3,9H2,1-2H3. The molecule has 0 saturated heterocycles. The molecule has 2 nitrogen and oxygen atoms in total. The maximum absolute atomic E-state index is 11.3. The van der Waals surface area contributed by atoms with Gasteiger partial charge in [-0.05, 0) is 60.6 Å². The predicted octanol–water partition coefficient (Wildman–Crippen LogP) is 3.50. The number of ether oxygens (including phenoxy) is 1. The second-order valence-electron chi connectivity index (χ2n) is 3.49. The molecule has 1 aromatic carbocycles. The summed E-state index contributed by atoms with van der Waals surface area (Å²) in [6, 6.07) is 8.15. The van der Waals surface area contributed by atoms with Crippen molar-refractivity contribution in [1.29, 1.82) is 0 Å². The molecular weight excluding hydrogens is 327 g/mol. The Kier molecular flexibility index (Phi) is 6.01. The lowest BCUT2D eigenvalue weighted by molar-refractivity contribution is -0.138. The molecule has 0 radical (unpaired) electrons. The van der Waals surface area contributed by atoms with Crippen molar-refractivity contribution in [1.82, 2.24) is 0 Å². The molecule has 0 fully saturated rings. The molecule has 3 heteroatoms. The summed E-state index contributed by atoms with van der Waals surface area (Å²) in [7, 11) is 0. The summed E-state index contributed by atoms with van der Waals surface area (Å²) in [5.41, 5.74) is 4.70. The van der Waals surface area contributed by atoms with Gasteiger partial charge >= 0.3 is 5.97 Å². The Morgan fingerprint density at radius 3 is 2.82 bits per heavy atom. The Labute approximate surface area is 116 Å². The molecule has 0 aliphatic carbocycles. The highest BCUT2D eigenvalue weighted by molar-refractivity contribution is 14.1. The van der Waals surface area contributed by atoms with Crippen molar-refractivity contribution in [3.63, 3.8) is 0 Å². The van der Waals surface area contributed by atoms with Crippen LogP contribution in [-0.2, 0) is 16.0 Å². The smallest absolute Gasteiger partial charge is 0.341 e. The van der Waals surface area contributed by atoms with E-state index in [0.29, 0.717) is 12.2 Å². The van der Waals surface area contributed by atoms with Gasteiger partial charge in [0.1, 0.15) is 0 Å². The van der Waals surface area contributed by atoms with Crippen LogP contribution in [0.4, 0.5) is 0 Å². The molecule has 0 aromatic heterocycles. The van der Waals surface area contributed by atoms with Crippen LogP contribution in [0.15, 0.2) is 41.6 Å². The highest BCUT2D eigenvalue weighted by atomic mass is 127. The first kappa shape index (κ1) is 14.0. The van der Waals surface area contributed by atoms with E-state index in [1.807, 2.05) is 18.2 Å². The van der Waals surface area contributed by atoms with Gasteiger partial charge < -0.3 is 4.74 Å². The van der Waals surface area contributed by atoms with Crippen molar-refractivity contribution in [2.24, 2.45) is 0 Å². The van der Waals surface area contributed by atoms with Crippen LogP contribution >= 0.6 is 22.6 Å². The van der Waals surface area contributed by atoms with Gasteiger partial charge in [-0.15, -0.1) is 5.73 Å². The minimum atomic E-state index is -0.300. The number of hydrogen-bond acceptors (Lipinski definition) is 2. The molecule has 0 atom stereocenters. The average molecular weight is 342 g/mol. The van der Waals surface area contributed by atoms with Gasteiger partial charge in [0, 0.05) is 3.57 Å². The molecule has 0 amide bonds. The molecule has 0 unspecified atom stereocenters. The molecule has 1 rings (SSSR count). The van der Waals surface area contributed by atoms with E-state index in [4.69, 9.17) is 4.74 Å². The first-order valence-corrected chi connectivity index (χ1v) is 6.55. The Balaban J connectivity index is 2.70. The molecule has 0 saturated carbocycles. The zero-order valence-corrected chi connectivity index (χ0v) is 12.2. The van der Waals surface area contributed by atoms with E-state index in [0.717, 1.165) is 6.42 Å². The summed E-state index contributed by atoms with van der Waals surface area (Å²) < 4.78 is 6.09. The first-order chi connectivity index (χ1) is 8.15. The third kappa shape index (κ3) is 4.75. The number of carbonyl (C=O) groups is 1. The number of benzene rings is 1. The average Bonchev–Trinajstić information content (AvgIpc) is 2.31. The largest absolute Gasteiger partial charge is 0.462 e. The Morgan fingerprint density at radius 1 is 1.47 bits per heavy atom. The second-order valence-corrected chi connectivity index (χ2v) is 4.65. The van der Waals surface area contributed by atoms with Crippen LogP contribution in [0, 0.1) is 3.57 Å². The SMILES string of the molecule is CCOC(=O)C(C)=C=CCc1ccccc1I. The lowest BCUT2D eigenvalue weighted by Crippen LogP contribution is -2.04. The fourth-order valence-electron chi connectivity index (χ4n) is 1.28. The Hall–Kier alpha value is -1.06. The van der Waals surface area contributed by atoms with Crippen LogP contribution < -0.4 is 0 Å². The van der Waals surface area contributed by atoms with Crippen LogP contribution in [0.1, 0.15) is 19.4 Å². The summed E-state index contributed by atoms with van der Waals surface area (Å²) in [5, 5.41) is 0. The van der Waals surface area contributed by atoms with E-state index >= 15 is 0 Å². The highest BCUT2D eigenvalue weighted by Crippen LogP contribution is 2.12. The van der Waals surface area contributed by atoms with Crippen LogP contribution in [-0.4, -0.2) is 12.6 Å². The maximum Gasteiger partial charge on any atom is 0.341 e. The van der Waals surface area contributed by atoms with E-state index in [-0.39, 0.29) is 5.97 Å². The van der Waals surface area contributed by atoms with Crippen molar-refractivity contribution in [3.05, 3.63) is 50.8 Å². The molecule has 90 valence electrons.